The molecule has 102 valence electrons. The fourth-order valence-corrected chi connectivity index (χ4v) is 3.17. The van der Waals surface area contributed by atoms with Gasteiger partial charge in [-0.1, -0.05) is 41.1 Å². The summed E-state index contributed by atoms with van der Waals surface area (Å²) in [4.78, 5) is 0. The average molecular weight is 322 g/mol. The van der Waals surface area contributed by atoms with Crippen molar-refractivity contribution < 1.29 is 0 Å². The third-order valence-electron chi connectivity index (χ3n) is 3.61. The molecule has 3 nitrogen and oxygen atoms in total. The van der Waals surface area contributed by atoms with Crippen LogP contribution in [0.1, 0.15) is 35.5 Å². The molecule has 0 amide bonds. The second-order valence-electron chi connectivity index (χ2n) is 4.72. The number of nitrogens with two attached hydrogens (primary N) is 1. The van der Waals surface area contributed by atoms with Gasteiger partial charge in [-0.3, -0.25) is 4.68 Å². The van der Waals surface area contributed by atoms with Crippen molar-refractivity contribution in [1.82, 2.24) is 9.78 Å². The normalized spacial score (nSPS) is 12.7. The molecule has 0 radical (unpaired) electrons. The van der Waals surface area contributed by atoms with Crippen LogP contribution < -0.4 is 5.73 Å². The van der Waals surface area contributed by atoms with Gasteiger partial charge in [0.25, 0.3) is 0 Å². The van der Waals surface area contributed by atoms with E-state index in [0.29, 0.717) is 6.54 Å². The summed E-state index contributed by atoms with van der Waals surface area (Å²) in [5.41, 5.74) is 10.8. The molecule has 2 rings (SSSR count). The summed E-state index contributed by atoms with van der Waals surface area (Å²) in [6.45, 7) is 6.89. The van der Waals surface area contributed by atoms with Gasteiger partial charge in [0, 0.05) is 16.7 Å². The summed E-state index contributed by atoms with van der Waals surface area (Å²) in [6.07, 6.45) is 1.00. The van der Waals surface area contributed by atoms with Crippen LogP contribution in [0.2, 0.25) is 0 Å². The lowest BCUT2D eigenvalue weighted by Gasteiger charge is -2.19. The molecule has 1 aromatic heterocycles. The van der Waals surface area contributed by atoms with Gasteiger partial charge in [0.05, 0.1) is 11.7 Å². The first kappa shape index (κ1) is 14.3. The van der Waals surface area contributed by atoms with E-state index >= 15 is 0 Å². The maximum atomic E-state index is 5.99. The third kappa shape index (κ3) is 2.60. The molecular weight excluding hydrogens is 302 g/mol. The zero-order valence-corrected chi connectivity index (χ0v) is 13.2. The summed E-state index contributed by atoms with van der Waals surface area (Å²) in [5.74, 6) is 0. The van der Waals surface area contributed by atoms with Gasteiger partial charge in [0.2, 0.25) is 0 Å². The van der Waals surface area contributed by atoms with Gasteiger partial charge in [-0.05, 0) is 37.5 Å². The Morgan fingerprint density at radius 2 is 2.00 bits per heavy atom. The fourth-order valence-electron chi connectivity index (χ4n) is 2.62. The molecule has 0 fully saturated rings. The number of nitrogens with zero attached hydrogens (tertiary/aromatic N) is 2. The van der Waals surface area contributed by atoms with E-state index in [1.54, 1.807) is 0 Å². The molecule has 2 N–H and O–H groups in total. The van der Waals surface area contributed by atoms with Gasteiger partial charge in [-0.15, -0.1) is 0 Å². The van der Waals surface area contributed by atoms with Gasteiger partial charge in [0.15, 0.2) is 0 Å². The molecule has 0 aliphatic rings. The zero-order valence-electron chi connectivity index (χ0n) is 11.7. The van der Waals surface area contributed by atoms with E-state index in [9.17, 15) is 0 Å². The number of aryl methyl sites for hydroxylation is 1. The predicted octanol–water partition coefficient (Wildman–Crippen LogP) is 3.37. The van der Waals surface area contributed by atoms with E-state index in [1.807, 2.05) is 18.2 Å². The molecule has 1 heterocycles. The van der Waals surface area contributed by atoms with Crippen molar-refractivity contribution in [1.29, 1.82) is 0 Å². The lowest BCUT2D eigenvalue weighted by atomic mass is 10.1. The van der Waals surface area contributed by atoms with Crippen LogP contribution in [-0.4, -0.2) is 16.3 Å². The highest BCUT2D eigenvalue weighted by Crippen LogP contribution is 2.28. The highest BCUT2D eigenvalue weighted by Gasteiger charge is 2.20. The molecule has 1 unspecified atom stereocenters. The quantitative estimate of drug-likeness (QED) is 0.938. The number of hydrogen-bond acceptors (Lipinski definition) is 2. The molecule has 0 spiro atoms. The third-order valence-corrected chi connectivity index (χ3v) is 4.33. The first-order valence-electron chi connectivity index (χ1n) is 6.59. The minimum atomic E-state index is 0.0783. The maximum absolute atomic E-state index is 5.99. The molecule has 0 aliphatic carbocycles. The summed E-state index contributed by atoms with van der Waals surface area (Å²) < 4.78 is 3.14. The van der Waals surface area contributed by atoms with Crippen LogP contribution >= 0.6 is 15.9 Å². The molecule has 0 aliphatic heterocycles. The fraction of sp³-hybridized carbons (Fsp3) is 0.400. The Morgan fingerprint density at radius 3 is 2.53 bits per heavy atom. The van der Waals surface area contributed by atoms with Crippen molar-refractivity contribution in [2.45, 2.75) is 33.2 Å². The van der Waals surface area contributed by atoms with E-state index in [-0.39, 0.29) is 6.04 Å². The Hall–Kier alpha value is -1.13. The minimum absolute atomic E-state index is 0.0783. The van der Waals surface area contributed by atoms with Gasteiger partial charge in [0.1, 0.15) is 0 Å². The molecule has 19 heavy (non-hydrogen) atoms. The lowest BCUT2D eigenvalue weighted by Crippen LogP contribution is -2.23. The predicted molar refractivity (Wildman–Crippen MR) is 82.4 cm³/mol. The van der Waals surface area contributed by atoms with Gasteiger partial charge < -0.3 is 5.73 Å². The smallest absolute Gasteiger partial charge is 0.0904 e. The minimum Gasteiger partial charge on any atom is -0.328 e. The molecule has 0 saturated carbocycles. The molecular formula is C15H20BrN3. The largest absolute Gasteiger partial charge is 0.328 e. The Bertz CT molecular complexity index is 575. The van der Waals surface area contributed by atoms with E-state index in [2.05, 4.69) is 52.5 Å². The Kier molecular flexibility index (Phi) is 4.42. The standard InChI is InChI=1S/C15H20BrN3/c1-4-12-10(2)18-19(11(12)3)15(9-17)13-7-5-6-8-14(13)16/h5-8,15H,4,9,17H2,1-3H3. The molecule has 2 aromatic rings. The van der Waals surface area contributed by atoms with Gasteiger partial charge >= 0.3 is 0 Å². The van der Waals surface area contributed by atoms with Crippen LogP contribution in [0.3, 0.4) is 0 Å². The summed E-state index contributed by atoms with van der Waals surface area (Å²) in [6, 6.07) is 8.28. The van der Waals surface area contributed by atoms with E-state index in [4.69, 9.17) is 5.73 Å². The maximum Gasteiger partial charge on any atom is 0.0904 e. The molecule has 1 aromatic carbocycles. The molecule has 1 atom stereocenters. The first-order valence-corrected chi connectivity index (χ1v) is 7.38. The van der Waals surface area contributed by atoms with Crippen molar-refractivity contribution in [3.05, 3.63) is 51.3 Å². The van der Waals surface area contributed by atoms with Crippen molar-refractivity contribution in [2.75, 3.05) is 6.54 Å². The van der Waals surface area contributed by atoms with Crippen molar-refractivity contribution in [3.8, 4) is 0 Å². The lowest BCUT2D eigenvalue weighted by molar-refractivity contribution is 0.514. The second kappa shape index (κ2) is 5.88. The van der Waals surface area contributed by atoms with Gasteiger partial charge in [-0.2, -0.15) is 5.10 Å². The summed E-state index contributed by atoms with van der Waals surface area (Å²) in [5, 5.41) is 4.69. The molecule has 0 bridgehead atoms. The summed E-state index contributed by atoms with van der Waals surface area (Å²) >= 11 is 3.61. The monoisotopic (exact) mass is 321 g/mol. The number of aromatic nitrogens is 2. The van der Waals surface area contributed by atoms with Gasteiger partial charge in [-0.25, -0.2) is 0 Å². The zero-order chi connectivity index (χ0) is 14.0. The Labute approximate surface area is 122 Å². The van der Waals surface area contributed by atoms with Crippen LogP contribution in [-0.2, 0) is 6.42 Å². The Morgan fingerprint density at radius 1 is 1.32 bits per heavy atom. The summed E-state index contributed by atoms with van der Waals surface area (Å²) in [7, 11) is 0. The number of halogens is 1. The average Bonchev–Trinajstić information content (AvgIpc) is 2.68. The van der Waals surface area contributed by atoms with Crippen LogP contribution in [0.25, 0.3) is 0 Å². The number of rotatable bonds is 4. The highest BCUT2D eigenvalue weighted by atomic mass is 79.9. The highest BCUT2D eigenvalue weighted by molar-refractivity contribution is 9.10. The van der Waals surface area contributed by atoms with E-state index < -0.39 is 0 Å². The Balaban J connectivity index is 2.52. The first-order chi connectivity index (χ1) is 9.10. The number of hydrogen-bond donors (Lipinski definition) is 1. The van der Waals surface area contributed by atoms with Crippen molar-refractivity contribution in [2.24, 2.45) is 5.73 Å². The SMILES string of the molecule is CCc1c(C)nn(C(CN)c2ccccc2Br)c1C. The topological polar surface area (TPSA) is 43.8 Å². The van der Waals surface area contributed by atoms with Crippen LogP contribution in [0.5, 0.6) is 0 Å². The van der Waals surface area contributed by atoms with E-state index in [0.717, 1.165) is 16.6 Å². The molecule has 0 saturated heterocycles. The van der Waals surface area contributed by atoms with Crippen molar-refractivity contribution in [3.63, 3.8) is 0 Å². The second-order valence-corrected chi connectivity index (χ2v) is 5.57. The number of benzene rings is 1. The van der Waals surface area contributed by atoms with Crippen LogP contribution in [0.15, 0.2) is 28.7 Å². The van der Waals surface area contributed by atoms with E-state index in [1.165, 1.54) is 16.8 Å². The molecule has 4 heteroatoms. The van der Waals surface area contributed by atoms with Crippen LogP contribution in [0, 0.1) is 13.8 Å². The van der Waals surface area contributed by atoms with Crippen molar-refractivity contribution >= 4 is 15.9 Å². The van der Waals surface area contributed by atoms with Crippen LogP contribution in [0.4, 0.5) is 0 Å².